The maximum Gasteiger partial charge on any atom is 0.138 e. The second-order valence-corrected chi connectivity index (χ2v) is 6.61. The predicted molar refractivity (Wildman–Crippen MR) is 87.5 cm³/mol. The molecule has 1 aromatic heterocycles. The summed E-state index contributed by atoms with van der Waals surface area (Å²) in [5.74, 6) is 0. The monoisotopic (exact) mass is 313 g/mol. The van der Waals surface area contributed by atoms with Gasteiger partial charge in [-0.05, 0) is 31.2 Å². The number of nitrogens with zero attached hydrogens (tertiary/aromatic N) is 5. The van der Waals surface area contributed by atoms with Crippen molar-refractivity contribution >= 4 is 0 Å². The second kappa shape index (κ2) is 6.03. The van der Waals surface area contributed by atoms with Gasteiger partial charge in [0.15, 0.2) is 0 Å². The molecule has 0 spiro atoms. The molecule has 6 nitrogen and oxygen atoms in total. The van der Waals surface area contributed by atoms with Crippen LogP contribution in [0.3, 0.4) is 0 Å². The highest BCUT2D eigenvalue weighted by Gasteiger charge is 2.38. The summed E-state index contributed by atoms with van der Waals surface area (Å²) < 4.78 is 7.74. The van der Waals surface area contributed by atoms with Crippen LogP contribution in [0.1, 0.15) is 11.1 Å². The van der Waals surface area contributed by atoms with Gasteiger partial charge in [0.1, 0.15) is 12.7 Å². The van der Waals surface area contributed by atoms with E-state index in [-0.39, 0.29) is 0 Å². The van der Waals surface area contributed by atoms with Gasteiger partial charge in [-0.25, -0.2) is 9.67 Å². The van der Waals surface area contributed by atoms with Crippen LogP contribution in [0.5, 0.6) is 0 Å². The van der Waals surface area contributed by atoms with Crippen molar-refractivity contribution in [3.63, 3.8) is 0 Å². The fourth-order valence-corrected chi connectivity index (χ4v) is 3.73. The fourth-order valence-electron chi connectivity index (χ4n) is 3.73. The summed E-state index contributed by atoms with van der Waals surface area (Å²) in [6.45, 7) is 7.12. The van der Waals surface area contributed by atoms with Gasteiger partial charge in [-0.15, -0.1) is 0 Å². The molecule has 0 saturated carbocycles. The predicted octanol–water partition coefficient (Wildman–Crippen LogP) is 1.09. The maximum absolute atomic E-state index is 5.93. The van der Waals surface area contributed by atoms with Crippen molar-refractivity contribution in [1.29, 1.82) is 0 Å². The van der Waals surface area contributed by atoms with Crippen LogP contribution in [0.15, 0.2) is 30.9 Å². The van der Waals surface area contributed by atoms with Gasteiger partial charge in [-0.1, -0.05) is 12.1 Å². The molecule has 3 heterocycles. The van der Waals surface area contributed by atoms with Gasteiger partial charge in [-0.3, -0.25) is 9.80 Å². The van der Waals surface area contributed by atoms with E-state index in [1.807, 2.05) is 4.68 Å². The minimum atomic E-state index is 0.365. The molecule has 6 heteroatoms. The molecule has 23 heavy (non-hydrogen) atoms. The highest BCUT2D eigenvalue weighted by Crippen LogP contribution is 2.24. The number of likely N-dealkylation sites (N-methyl/N-ethyl adjacent to an activating group) is 1. The zero-order valence-electron chi connectivity index (χ0n) is 13.7. The molecule has 4 rings (SSSR count). The number of benzene rings is 1. The van der Waals surface area contributed by atoms with Crippen molar-refractivity contribution in [3.05, 3.63) is 42.0 Å². The molecular weight excluding hydrogens is 290 g/mol. The number of hydrogen-bond acceptors (Lipinski definition) is 5. The summed E-state index contributed by atoms with van der Waals surface area (Å²) in [7, 11) is 2.21. The largest absolute Gasteiger partial charge is 0.374 e. The van der Waals surface area contributed by atoms with Gasteiger partial charge >= 0.3 is 0 Å². The van der Waals surface area contributed by atoms with Gasteiger partial charge in [0.2, 0.25) is 0 Å². The van der Waals surface area contributed by atoms with Gasteiger partial charge < -0.3 is 4.74 Å². The van der Waals surface area contributed by atoms with Gasteiger partial charge in [0, 0.05) is 32.2 Å². The lowest BCUT2D eigenvalue weighted by molar-refractivity contribution is -0.0370. The van der Waals surface area contributed by atoms with E-state index >= 15 is 0 Å². The summed E-state index contributed by atoms with van der Waals surface area (Å²) in [6.07, 6.45) is 3.67. The van der Waals surface area contributed by atoms with Crippen molar-refractivity contribution in [2.75, 3.05) is 33.3 Å². The Bertz CT molecular complexity index is 672. The number of rotatable bonds is 3. The maximum atomic E-state index is 5.93. The Labute approximate surface area is 136 Å². The quantitative estimate of drug-likeness (QED) is 0.849. The first-order valence-electron chi connectivity index (χ1n) is 8.19. The Hall–Kier alpha value is -1.76. The number of aryl methyl sites for hydroxylation is 1. The van der Waals surface area contributed by atoms with Crippen molar-refractivity contribution in [1.82, 2.24) is 24.6 Å². The molecule has 2 aliphatic rings. The van der Waals surface area contributed by atoms with Crippen LogP contribution in [0, 0.1) is 6.92 Å². The van der Waals surface area contributed by atoms with Crippen molar-refractivity contribution in [2.24, 2.45) is 0 Å². The van der Waals surface area contributed by atoms with Crippen LogP contribution in [-0.2, 0) is 11.3 Å². The average Bonchev–Trinajstić information content (AvgIpc) is 3.17. The van der Waals surface area contributed by atoms with Crippen molar-refractivity contribution < 1.29 is 4.74 Å². The zero-order valence-corrected chi connectivity index (χ0v) is 13.7. The molecular formula is C17H23N5O. The van der Waals surface area contributed by atoms with E-state index in [1.54, 1.807) is 12.7 Å². The van der Waals surface area contributed by atoms with E-state index in [4.69, 9.17) is 4.74 Å². The fraction of sp³-hybridized carbons (Fsp3) is 0.529. The number of aromatic nitrogens is 3. The Morgan fingerprint density at radius 3 is 2.96 bits per heavy atom. The highest BCUT2D eigenvalue weighted by atomic mass is 16.5. The van der Waals surface area contributed by atoms with Crippen LogP contribution in [0.4, 0.5) is 0 Å². The van der Waals surface area contributed by atoms with E-state index in [2.05, 4.69) is 52.1 Å². The van der Waals surface area contributed by atoms with Crippen LogP contribution in [0.25, 0.3) is 5.69 Å². The molecule has 0 radical (unpaired) electrons. The third kappa shape index (κ3) is 2.89. The van der Waals surface area contributed by atoms with Crippen molar-refractivity contribution in [3.8, 4) is 5.69 Å². The molecule has 2 atom stereocenters. The third-order valence-electron chi connectivity index (χ3n) is 4.99. The minimum absolute atomic E-state index is 0.365. The standard InChI is InChI=1S/C17H23N5O/c1-13-7-14(3-4-15(13)22-12-18-11-19-22)8-21-9-16-17(10-21)23-6-5-20(16)2/h3-4,7,11-12,16-17H,5-6,8-10H2,1-2H3/t16-,17+/m0/s1. The van der Waals surface area contributed by atoms with Crippen LogP contribution in [-0.4, -0.2) is 70.0 Å². The Balaban J connectivity index is 1.46. The average molecular weight is 313 g/mol. The lowest BCUT2D eigenvalue weighted by atomic mass is 10.1. The first-order chi connectivity index (χ1) is 11.2. The summed E-state index contributed by atoms with van der Waals surface area (Å²) in [5, 5.41) is 4.21. The van der Waals surface area contributed by atoms with Gasteiger partial charge in [0.25, 0.3) is 0 Å². The molecule has 0 bridgehead atoms. The number of ether oxygens (including phenoxy) is 1. The van der Waals surface area contributed by atoms with Crippen LogP contribution < -0.4 is 0 Å². The molecule has 2 saturated heterocycles. The molecule has 0 N–H and O–H groups in total. The molecule has 0 aliphatic carbocycles. The smallest absolute Gasteiger partial charge is 0.138 e. The molecule has 1 aromatic carbocycles. The minimum Gasteiger partial charge on any atom is -0.374 e. The summed E-state index contributed by atoms with van der Waals surface area (Å²) in [5.41, 5.74) is 3.65. The molecule has 0 unspecified atom stereocenters. The Morgan fingerprint density at radius 1 is 1.30 bits per heavy atom. The SMILES string of the molecule is Cc1cc(CN2C[C@H]3OCCN(C)[C@H]3C2)ccc1-n1cncn1. The number of hydrogen-bond donors (Lipinski definition) is 0. The molecule has 2 aliphatic heterocycles. The van der Waals surface area contributed by atoms with Gasteiger partial charge in [-0.2, -0.15) is 5.10 Å². The molecule has 2 aromatic rings. The summed E-state index contributed by atoms with van der Waals surface area (Å²) >= 11 is 0. The lowest BCUT2D eigenvalue weighted by Gasteiger charge is -2.33. The molecule has 2 fully saturated rings. The Kier molecular flexibility index (Phi) is 3.88. The highest BCUT2D eigenvalue weighted by molar-refractivity contribution is 5.41. The first kappa shape index (κ1) is 14.8. The van der Waals surface area contributed by atoms with E-state index in [0.29, 0.717) is 12.1 Å². The summed E-state index contributed by atoms with van der Waals surface area (Å²) in [6, 6.07) is 7.12. The molecule has 0 amide bonds. The van der Waals surface area contributed by atoms with E-state index in [0.717, 1.165) is 38.5 Å². The van der Waals surface area contributed by atoms with E-state index < -0.39 is 0 Å². The first-order valence-corrected chi connectivity index (χ1v) is 8.19. The molecule has 122 valence electrons. The van der Waals surface area contributed by atoms with E-state index in [1.165, 1.54) is 11.1 Å². The second-order valence-electron chi connectivity index (χ2n) is 6.61. The summed E-state index contributed by atoms with van der Waals surface area (Å²) in [4.78, 5) is 8.96. The third-order valence-corrected chi connectivity index (χ3v) is 4.99. The Morgan fingerprint density at radius 2 is 2.22 bits per heavy atom. The van der Waals surface area contributed by atoms with Crippen molar-refractivity contribution in [2.45, 2.75) is 25.6 Å². The number of likely N-dealkylation sites (tertiary alicyclic amines) is 1. The normalized spacial score (nSPS) is 25.7. The topological polar surface area (TPSA) is 46.4 Å². The van der Waals surface area contributed by atoms with E-state index in [9.17, 15) is 0 Å². The number of fused-ring (bicyclic) bond motifs is 1. The van der Waals surface area contributed by atoms with Crippen LogP contribution >= 0.6 is 0 Å². The van der Waals surface area contributed by atoms with Crippen LogP contribution in [0.2, 0.25) is 0 Å². The van der Waals surface area contributed by atoms with Gasteiger partial charge in [0.05, 0.1) is 18.4 Å². The zero-order chi connectivity index (χ0) is 15.8. The number of morpholine rings is 1. The lowest BCUT2D eigenvalue weighted by Crippen LogP contribution is -2.48.